The van der Waals surface area contributed by atoms with Crippen LogP contribution in [0.1, 0.15) is 34.8 Å². The quantitative estimate of drug-likeness (QED) is 0.793. The summed E-state index contributed by atoms with van der Waals surface area (Å²) >= 11 is 0. The van der Waals surface area contributed by atoms with E-state index >= 15 is 0 Å². The molecule has 1 aromatic carbocycles. The molecule has 0 aromatic heterocycles. The number of carbonyl (C=O) groups is 1. The van der Waals surface area contributed by atoms with Crippen molar-refractivity contribution < 1.29 is 4.79 Å². The largest absolute Gasteiger partial charge is 0.316 e. The SMILES string of the molecule is Cc1ccc(C(=O)C2CCNCC2C)cc1C. The Bertz CT molecular complexity index is 425. The maximum Gasteiger partial charge on any atom is 0.166 e. The van der Waals surface area contributed by atoms with Crippen LogP contribution in [0, 0.1) is 25.7 Å². The van der Waals surface area contributed by atoms with Crippen molar-refractivity contribution in [1.82, 2.24) is 5.32 Å². The first-order valence-corrected chi connectivity index (χ1v) is 6.42. The van der Waals surface area contributed by atoms with Crippen LogP contribution in [0.3, 0.4) is 0 Å². The molecule has 0 saturated carbocycles. The molecule has 2 unspecified atom stereocenters. The molecule has 0 amide bonds. The summed E-state index contributed by atoms with van der Waals surface area (Å²) in [5, 5.41) is 3.34. The molecule has 92 valence electrons. The van der Waals surface area contributed by atoms with Gasteiger partial charge < -0.3 is 5.32 Å². The first-order chi connectivity index (χ1) is 8.09. The molecule has 2 rings (SSSR count). The van der Waals surface area contributed by atoms with Crippen LogP contribution >= 0.6 is 0 Å². The molecule has 1 saturated heterocycles. The number of benzene rings is 1. The lowest BCUT2D eigenvalue weighted by Gasteiger charge is -2.28. The third kappa shape index (κ3) is 2.58. The normalized spacial score (nSPS) is 24.6. The smallest absolute Gasteiger partial charge is 0.166 e. The summed E-state index contributed by atoms with van der Waals surface area (Å²) in [6.45, 7) is 8.23. The van der Waals surface area contributed by atoms with E-state index in [-0.39, 0.29) is 5.92 Å². The fourth-order valence-corrected chi connectivity index (χ4v) is 2.51. The Kier molecular flexibility index (Phi) is 3.63. The van der Waals surface area contributed by atoms with Crippen LogP contribution in [0.5, 0.6) is 0 Å². The van der Waals surface area contributed by atoms with Crippen LogP contribution < -0.4 is 5.32 Å². The third-order valence-corrected chi connectivity index (χ3v) is 3.91. The minimum atomic E-state index is 0.193. The van der Waals surface area contributed by atoms with Crippen molar-refractivity contribution in [3.63, 3.8) is 0 Å². The van der Waals surface area contributed by atoms with E-state index in [1.54, 1.807) is 0 Å². The van der Waals surface area contributed by atoms with Gasteiger partial charge in [-0.25, -0.2) is 0 Å². The van der Waals surface area contributed by atoms with Crippen molar-refractivity contribution in [1.29, 1.82) is 0 Å². The molecule has 17 heavy (non-hydrogen) atoms. The van der Waals surface area contributed by atoms with Crippen LogP contribution in [-0.4, -0.2) is 18.9 Å². The average Bonchev–Trinajstić information content (AvgIpc) is 2.32. The number of carbonyl (C=O) groups excluding carboxylic acids is 1. The lowest BCUT2D eigenvalue weighted by atomic mass is 9.82. The summed E-state index contributed by atoms with van der Waals surface area (Å²) in [6.07, 6.45) is 0.965. The van der Waals surface area contributed by atoms with E-state index in [2.05, 4.69) is 26.1 Å². The number of piperidine rings is 1. The minimum Gasteiger partial charge on any atom is -0.316 e. The molecular weight excluding hydrogens is 210 g/mol. The fraction of sp³-hybridized carbons (Fsp3) is 0.533. The van der Waals surface area contributed by atoms with Gasteiger partial charge >= 0.3 is 0 Å². The van der Waals surface area contributed by atoms with Crippen molar-refractivity contribution in [2.75, 3.05) is 13.1 Å². The number of Topliss-reactive ketones (excluding diaryl/α,β-unsaturated/α-hetero) is 1. The summed E-state index contributed by atoms with van der Waals surface area (Å²) in [7, 11) is 0. The van der Waals surface area contributed by atoms with Gasteiger partial charge in [-0.3, -0.25) is 4.79 Å². The highest BCUT2D eigenvalue weighted by Gasteiger charge is 2.28. The molecule has 1 fully saturated rings. The summed E-state index contributed by atoms with van der Waals surface area (Å²) in [5.74, 6) is 0.957. The topological polar surface area (TPSA) is 29.1 Å². The molecular formula is C15H21NO. The fourth-order valence-electron chi connectivity index (χ4n) is 2.51. The van der Waals surface area contributed by atoms with E-state index in [4.69, 9.17) is 0 Å². The van der Waals surface area contributed by atoms with Gasteiger partial charge in [-0.15, -0.1) is 0 Å². The Morgan fingerprint density at radius 1 is 1.29 bits per heavy atom. The molecule has 0 spiro atoms. The van der Waals surface area contributed by atoms with Crippen LogP contribution in [0.4, 0.5) is 0 Å². The van der Waals surface area contributed by atoms with Crippen molar-refractivity contribution >= 4 is 5.78 Å². The van der Waals surface area contributed by atoms with Crippen molar-refractivity contribution in [3.8, 4) is 0 Å². The van der Waals surface area contributed by atoms with Crippen molar-refractivity contribution in [2.24, 2.45) is 11.8 Å². The van der Waals surface area contributed by atoms with E-state index in [0.29, 0.717) is 11.7 Å². The Morgan fingerprint density at radius 3 is 2.71 bits per heavy atom. The van der Waals surface area contributed by atoms with Crippen LogP contribution in [0.25, 0.3) is 0 Å². The first-order valence-electron chi connectivity index (χ1n) is 6.42. The monoisotopic (exact) mass is 231 g/mol. The van der Waals surface area contributed by atoms with Crippen molar-refractivity contribution in [3.05, 3.63) is 34.9 Å². The van der Waals surface area contributed by atoms with Crippen molar-refractivity contribution in [2.45, 2.75) is 27.2 Å². The highest BCUT2D eigenvalue weighted by molar-refractivity contribution is 5.98. The highest BCUT2D eigenvalue weighted by atomic mass is 16.1. The van der Waals surface area contributed by atoms with Gasteiger partial charge in [-0.1, -0.05) is 19.1 Å². The zero-order valence-electron chi connectivity index (χ0n) is 10.9. The van der Waals surface area contributed by atoms with Crippen LogP contribution in [0.2, 0.25) is 0 Å². The van der Waals surface area contributed by atoms with Gasteiger partial charge in [-0.2, -0.15) is 0 Å². The predicted octanol–water partition coefficient (Wildman–Crippen LogP) is 2.73. The number of hydrogen-bond acceptors (Lipinski definition) is 2. The molecule has 1 aliphatic rings. The third-order valence-electron chi connectivity index (χ3n) is 3.91. The second-order valence-corrected chi connectivity index (χ2v) is 5.24. The number of nitrogens with one attached hydrogen (secondary N) is 1. The molecule has 1 aliphatic heterocycles. The summed E-state index contributed by atoms with van der Waals surface area (Å²) < 4.78 is 0. The summed E-state index contributed by atoms with van der Waals surface area (Å²) in [5.41, 5.74) is 3.34. The summed E-state index contributed by atoms with van der Waals surface area (Å²) in [6, 6.07) is 6.06. The van der Waals surface area contributed by atoms with E-state index in [1.165, 1.54) is 11.1 Å². The predicted molar refractivity (Wildman–Crippen MR) is 70.4 cm³/mol. The first kappa shape index (κ1) is 12.3. The second-order valence-electron chi connectivity index (χ2n) is 5.24. The molecule has 0 radical (unpaired) electrons. The number of rotatable bonds is 2. The van der Waals surface area contributed by atoms with E-state index in [9.17, 15) is 4.79 Å². The van der Waals surface area contributed by atoms with Gasteiger partial charge in [0.2, 0.25) is 0 Å². The molecule has 0 bridgehead atoms. The zero-order chi connectivity index (χ0) is 12.4. The van der Waals surface area contributed by atoms with Gasteiger partial charge in [-0.05, 0) is 56.5 Å². The Morgan fingerprint density at radius 2 is 2.06 bits per heavy atom. The van der Waals surface area contributed by atoms with E-state index in [0.717, 1.165) is 25.1 Å². The maximum absolute atomic E-state index is 12.4. The molecule has 2 nitrogen and oxygen atoms in total. The molecule has 0 aliphatic carbocycles. The van der Waals surface area contributed by atoms with Gasteiger partial charge in [0.1, 0.15) is 0 Å². The molecule has 1 aromatic rings. The second kappa shape index (κ2) is 5.01. The molecule has 2 heteroatoms. The Balaban J connectivity index is 2.21. The molecule has 1 heterocycles. The average molecular weight is 231 g/mol. The van der Waals surface area contributed by atoms with Gasteiger partial charge in [0, 0.05) is 11.5 Å². The van der Waals surface area contributed by atoms with Gasteiger partial charge in [0.25, 0.3) is 0 Å². The number of ketones is 1. The molecule has 2 atom stereocenters. The van der Waals surface area contributed by atoms with Crippen LogP contribution in [-0.2, 0) is 0 Å². The van der Waals surface area contributed by atoms with Gasteiger partial charge in [0.15, 0.2) is 5.78 Å². The number of hydrogen-bond donors (Lipinski definition) is 1. The Labute approximate surface area is 103 Å². The zero-order valence-corrected chi connectivity index (χ0v) is 10.9. The number of aryl methyl sites for hydroxylation is 2. The Hall–Kier alpha value is -1.15. The minimum absolute atomic E-state index is 0.193. The lowest BCUT2D eigenvalue weighted by molar-refractivity contribution is 0.0848. The van der Waals surface area contributed by atoms with E-state index in [1.807, 2.05) is 18.2 Å². The van der Waals surface area contributed by atoms with E-state index < -0.39 is 0 Å². The maximum atomic E-state index is 12.4. The van der Waals surface area contributed by atoms with Crippen LogP contribution in [0.15, 0.2) is 18.2 Å². The summed E-state index contributed by atoms with van der Waals surface area (Å²) in [4.78, 5) is 12.4. The standard InChI is InChI=1S/C15H21NO/c1-10-4-5-13(8-11(10)2)15(17)14-6-7-16-9-12(14)3/h4-5,8,12,14,16H,6-7,9H2,1-3H3. The lowest BCUT2D eigenvalue weighted by Crippen LogP contribution is -2.38. The highest BCUT2D eigenvalue weighted by Crippen LogP contribution is 2.24. The van der Waals surface area contributed by atoms with Gasteiger partial charge in [0.05, 0.1) is 0 Å². The molecule has 1 N–H and O–H groups in total.